The third-order valence-electron chi connectivity index (χ3n) is 3.90. The SMILES string of the molecule is CCc1nnc2ccc(-c3noc(-c4cccc(NC(C)=O)c4)n3)cn12. The van der Waals surface area contributed by atoms with Crippen LogP contribution in [0.25, 0.3) is 28.5 Å². The van der Waals surface area contributed by atoms with Gasteiger partial charge in [0.05, 0.1) is 0 Å². The first-order chi connectivity index (χ1) is 12.6. The topological polar surface area (TPSA) is 98.2 Å². The van der Waals surface area contributed by atoms with E-state index in [0.29, 0.717) is 17.4 Å². The summed E-state index contributed by atoms with van der Waals surface area (Å²) in [7, 11) is 0. The quantitative estimate of drug-likeness (QED) is 0.609. The summed E-state index contributed by atoms with van der Waals surface area (Å²) in [6.07, 6.45) is 2.68. The van der Waals surface area contributed by atoms with Crippen molar-refractivity contribution in [1.29, 1.82) is 0 Å². The molecule has 0 aliphatic heterocycles. The van der Waals surface area contributed by atoms with Crippen molar-refractivity contribution in [3.8, 4) is 22.8 Å². The molecule has 1 aromatic carbocycles. The molecule has 0 saturated carbocycles. The van der Waals surface area contributed by atoms with E-state index in [1.54, 1.807) is 12.1 Å². The van der Waals surface area contributed by atoms with Gasteiger partial charge in [-0.2, -0.15) is 4.98 Å². The number of rotatable bonds is 4. The highest BCUT2D eigenvalue weighted by Gasteiger charge is 2.13. The number of hydrogen-bond donors (Lipinski definition) is 1. The minimum atomic E-state index is -0.137. The second-order valence-electron chi connectivity index (χ2n) is 5.80. The molecule has 0 spiro atoms. The first kappa shape index (κ1) is 15.9. The van der Waals surface area contributed by atoms with Gasteiger partial charge in [-0.1, -0.05) is 18.1 Å². The zero-order valence-electron chi connectivity index (χ0n) is 14.3. The van der Waals surface area contributed by atoms with E-state index >= 15 is 0 Å². The highest BCUT2D eigenvalue weighted by Crippen LogP contribution is 2.24. The van der Waals surface area contributed by atoms with E-state index in [4.69, 9.17) is 4.52 Å². The second-order valence-corrected chi connectivity index (χ2v) is 5.80. The fourth-order valence-electron chi connectivity index (χ4n) is 2.70. The molecule has 3 heterocycles. The van der Waals surface area contributed by atoms with Crippen molar-refractivity contribution in [2.45, 2.75) is 20.3 Å². The Kier molecular flexibility index (Phi) is 3.92. The summed E-state index contributed by atoms with van der Waals surface area (Å²) < 4.78 is 7.32. The lowest BCUT2D eigenvalue weighted by molar-refractivity contribution is -0.114. The van der Waals surface area contributed by atoms with Gasteiger partial charge in [0, 0.05) is 36.4 Å². The smallest absolute Gasteiger partial charge is 0.258 e. The van der Waals surface area contributed by atoms with Crippen molar-refractivity contribution in [3.63, 3.8) is 0 Å². The van der Waals surface area contributed by atoms with Gasteiger partial charge in [0.1, 0.15) is 5.82 Å². The molecule has 130 valence electrons. The molecule has 1 N–H and O–H groups in total. The number of benzene rings is 1. The van der Waals surface area contributed by atoms with Crippen LogP contribution in [-0.2, 0) is 11.2 Å². The summed E-state index contributed by atoms with van der Waals surface area (Å²) in [5.74, 6) is 1.59. The van der Waals surface area contributed by atoms with Gasteiger partial charge in [-0.25, -0.2) is 0 Å². The first-order valence-corrected chi connectivity index (χ1v) is 8.20. The molecule has 0 aliphatic rings. The molecule has 4 rings (SSSR count). The summed E-state index contributed by atoms with van der Waals surface area (Å²) in [5, 5.41) is 15.1. The number of pyridine rings is 1. The number of aromatic nitrogens is 5. The molecule has 26 heavy (non-hydrogen) atoms. The van der Waals surface area contributed by atoms with Gasteiger partial charge in [0.15, 0.2) is 5.65 Å². The zero-order valence-corrected chi connectivity index (χ0v) is 14.3. The maximum Gasteiger partial charge on any atom is 0.258 e. The number of hydrogen-bond acceptors (Lipinski definition) is 6. The third-order valence-corrected chi connectivity index (χ3v) is 3.90. The van der Waals surface area contributed by atoms with Crippen LogP contribution in [0.2, 0.25) is 0 Å². The lowest BCUT2D eigenvalue weighted by Gasteiger charge is -2.02. The molecule has 0 aliphatic carbocycles. The molecule has 0 fully saturated rings. The maximum atomic E-state index is 11.2. The van der Waals surface area contributed by atoms with Crippen molar-refractivity contribution >= 4 is 17.2 Å². The highest BCUT2D eigenvalue weighted by atomic mass is 16.5. The van der Waals surface area contributed by atoms with Gasteiger partial charge in [0.2, 0.25) is 11.7 Å². The standard InChI is InChI=1S/C18H16N6O2/c1-3-15-21-22-16-8-7-13(10-24(15)16)17-20-18(26-23-17)12-5-4-6-14(9-12)19-11(2)25/h4-10H,3H2,1-2H3,(H,19,25). The second kappa shape index (κ2) is 6.40. The van der Waals surface area contributed by atoms with Gasteiger partial charge in [-0.15, -0.1) is 10.2 Å². The van der Waals surface area contributed by atoms with Gasteiger partial charge in [0.25, 0.3) is 5.89 Å². The predicted molar refractivity (Wildman–Crippen MR) is 95.4 cm³/mol. The summed E-state index contributed by atoms with van der Waals surface area (Å²) >= 11 is 0. The Labute approximate surface area is 148 Å². The number of amides is 1. The molecule has 4 aromatic rings. The van der Waals surface area contributed by atoms with E-state index in [2.05, 4.69) is 25.7 Å². The molecular weight excluding hydrogens is 332 g/mol. The maximum absolute atomic E-state index is 11.2. The number of aryl methyl sites for hydroxylation is 1. The fourth-order valence-corrected chi connectivity index (χ4v) is 2.70. The zero-order chi connectivity index (χ0) is 18.1. The van der Waals surface area contributed by atoms with Crippen molar-refractivity contribution < 1.29 is 9.32 Å². The number of fused-ring (bicyclic) bond motifs is 1. The van der Waals surface area contributed by atoms with E-state index in [0.717, 1.165) is 29.0 Å². The molecule has 8 nitrogen and oxygen atoms in total. The molecule has 1 amide bonds. The van der Waals surface area contributed by atoms with Crippen LogP contribution >= 0.6 is 0 Å². The van der Waals surface area contributed by atoms with E-state index in [9.17, 15) is 4.79 Å². The molecule has 3 aromatic heterocycles. The minimum Gasteiger partial charge on any atom is -0.334 e. The van der Waals surface area contributed by atoms with Crippen LogP contribution in [0.1, 0.15) is 19.7 Å². The molecule has 0 unspecified atom stereocenters. The normalized spacial score (nSPS) is 11.0. The Balaban J connectivity index is 1.69. The van der Waals surface area contributed by atoms with Gasteiger partial charge in [-0.3, -0.25) is 9.20 Å². The Bertz CT molecular complexity index is 1100. The van der Waals surface area contributed by atoms with Crippen LogP contribution in [0.15, 0.2) is 47.1 Å². The lowest BCUT2D eigenvalue weighted by atomic mass is 10.2. The van der Waals surface area contributed by atoms with Gasteiger partial charge in [-0.05, 0) is 30.3 Å². The van der Waals surface area contributed by atoms with Crippen LogP contribution in [0.4, 0.5) is 5.69 Å². The first-order valence-electron chi connectivity index (χ1n) is 8.20. The molecule has 0 atom stereocenters. The van der Waals surface area contributed by atoms with Gasteiger partial charge >= 0.3 is 0 Å². The number of carbonyl (C=O) groups excluding carboxylic acids is 1. The number of nitrogens with zero attached hydrogens (tertiary/aromatic N) is 5. The molecule has 0 radical (unpaired) electrons. The minimum absolute atomic E-state index is 0.137. The number of anilines is 1. The van der Waals surface area contributed by atoms with Crippen molar-refractivity contribution in [2.75, 3.05) is 5.32 Å². The van der Waals surface area contributed by atoms with Crippen molar-refractivity contribution in [3.05, 3.63) is 48.4 Å². The van der Waals surface area contributed by atoms with Crippen molar-refractivity contribution in [1.82, 2.24) is 24.7 Å². The Morgan fingerprint density at radius 1 is 1.19 bits per heavy atom. The van der Waals surface area contributed by atoms with E-state index < -0.39 is 0 Å². The van der Waals surface area contributed by atoms with Crippen LogP contribution in [0.3, 0.4) is 0 Å². The largest absolute Gasteiger partial charge is 0.334 e. The predicted octanol–water partition coefficient (Wildman–Crippen LogP) is 2.97. The van der Waals surface area contributed by atoms with Crippen LogP contribution < -0.4 is 5.32 Å². The lowest BCUT2D eigenvalue weighted by Crippen LogP contribution is -2.05. The third kappa shape index (κ3) is 2.92. The average Bonchev–Trinajstić information content (AvgIpc) is 3.28. The molecule has 0 bridgehead atoms. The van der Waals surface area contributed by atoms with Crippen LogP contribution in [-0.4, -0.2) is 30.6 Å². The summed E-state index contributed by atoms with van der Waals surface area (Å²) in [4.78, 5) is 15.7. The van der Waals surface area contributed by atoms with Gasteiger partial charge < -0.3 is 9.84 Å². The Morgan fingerprint density at radius 3 is 2.88 bits per heavy atom. The van der Waals surface area contributed by atoms with E-state index in [1.165, 1.54) is 6.92 Å². The summed E-state index contributed by atoms with van der Waals surface area (Å²) in [5.41, 5.74) is 2.99. The number of carbonyl (C=O) groups is 1. The monoisotopic (exact) mass is 348 g/mol. The summed E-state index contributed by atoms with van der Waals surface area (Å²) in [6.45, 7) is 3.49. The van der Waals surface area contributed by atoms with Crippen molar-refractivity contribution in [2.24, 2.45) is 0 Å². The summed E-state index contributed by atoms with van der Waals surface area (Å²) in [6, 6.07) is 11.0. The average molecular weight is 348 g/mol. The highest BCUT2D eigenvalue weighted by molar-refractivity contribution is 5.89. The molecular formula is C18H16N6O2. The van der Waals surface area contributed by atoms with E-state index in [1.807, 2.05) is 41.8 Å². The molecule has 8 heteroatoms. The van der Waals surface area contributed by atoms with E-state index in [-0.39, 0.29) is 5.91 Å². The number of nitrogens with one attached hydrogen (secondary N) is 1. The van der Waals surface area contributed by atoms with Crippen LogP contribution in [0, 0.1) is 0 Å². The Morgan fingerprint density at radius 2 is 2.08 bits per heavy atom. The Hall–Kier alpha value is -3.55. The fraction of sp³-hybridized carbons (Fsp3) is 0.167. The molecule has 0 saturated heterocycles. The van der Waals surface area contributed by atoms with Crippen LogP contribution in [0.5, 0.6) is 0 Å².